The fraction of sp³-hybridized carbons (Fsp3) is 0.565. The molecular weight excluding hydrogens is 348 g/mol. The molecule has 1 atom stereocenters. The fourth-order valence-electron chi connectivity index (χ4n) is 4.55. The smallest absolute Gasteiger partial charge is 0.257 e. The summed E-state index contributed by atoms with van der Waals surface area (Å²) in [5, 5.41) is 7.60. The molecule has 1 aromatic carbocycles. The maximum atomic E-state index is 12.7. The van der Waals surface area contributed by atoms with Gasteiger partial charge in [0.1, 0.15) is 5.82 Å². The number of nitrogens with one attached hydrogen (secondary N) is 1. The Morgan fingerprint density at radius 3 is 2.64 bits per heavy atom. The highest BCUT2D eigenvalue weighted by molar-refractivity contribution is 6.04. The van der Waals surface area contributed by atoms with Gasteiger partial charge in [0.2, 0.25) is 0 Å². The molecule has 5 heteroatoms. The van der Waals surface area contributed by atoms with Gasteiger partial charge in [-0.05, 0) is 63.0 Å². The van der Waals surface area contributed by atoms with Crippen molar-refractivity contribution in [1.29, 1.82) is 0 Å². The van der Waals surface area contributed by atoms with E-state index in [1.54, 1.807) is 6.20 Å². The standard InChI is InChI=1S/C23H32N4O/c1-17-6-4-5-7-20(17)22(28)25-21-8-13-24-27(21)19-9-14-26(15-10-19)18(2)16-23(3)11-12-23/h4-8,13,18-19H,9-12,14-16H2,1-3H3,(H,25,28)/t18-/m1/s1. The molecular formula is C23H32N4O. The Bertz CT molecular complexity index is 831. The van der Waals surface area contributed by atoms with Gasteiger partial charge in [0.05, 0.1) is 12.2 Å². The van der Waals surface area contributed by atoms with Crippen LogP contribution >= 0.6 is 0 Å². The molecule has 2 aliphatic rings. The molecule has 1 amide bonds. The molecule has 1 aliphatic heterocycles. The molecule has 1 saturated carbocycles. The Morgan fingerprint density at radius 1 is 1.25 bits per heavy atom. The van der Waals surface area contributed by atoms with E-state index in [1.165, 1.54) is 19.3 Å². The lowest BCUT2D eigenvalue weighted by molar-refractivity contribution is 0.102. The summed E-state index contributed by atoms with van der Waals surface area (Å²) in [6, 6.07) is 10.6. The third kappa shape index (κ3) is 4.14. The van der Waals surface area contributed by atoms with Gasteiger partial charge in [-0.1, -0.05) is 25.1 Å². The lowest BCUT2D eigenvalue weighted by atomic mass is 9.96. The summed E-state index contributed by atoms with van der Waals surface area (Å²) in [5.74, 6) is 0.730. The minimum atomic E-state index is -0.0661. The molecule has 5 nitrogen and oxygen atoms in total. The summed E-state index contributed by atoms with van der Waals surface area (Å²) in [5.41, 5.74) is 2.30. The second kappa shape index (κ2) is 7.70. The summed E-state index contributed by atoms with van der Waals surface area (Å²) in [6.07, 6.45) is 8.05. The molecule has 2 heterocycles. The Hall–Kier alpha value is -2.14. The first kappa shape index (κ1) is 19.2. The molecule has 2 aromatic rings. The number of aryl methyl sites for hydroxylation is 1. The molecule has 4 rings (SSSR count). The van der Waals surface area contributed by atoms with Gasteiger partial charge in [0.15, 0.2) is 0 Å². The van der Waals surface area contributed by atoms with Crippen molar-refractivity contribution in [3.8, 4) is 0 Å². The van der Waals surface area contributed by atoms with E-state index in [1.807, 2.05) is 41.9 Å². The van der Waals surface area contributed by atoms with Crippen molar-refractivity contribution in [3.63, 3.8) is 0 Å². The van der Waals surface area contributed by atoms with E-state index in [9.17, 15) is 4.79 Å². The van der Waals surface area contributed by atoms with Crippen molar-refractivity contribution >= 4 is 11.7 Å². The number of anilines is 1. The average molecular weight is 381 g/mol. The third-order valence-electron chi connectivity index (χ3n) is 6.66. The van der Waals surface area contributed by atoms with Crippen LogP contribution in [0.5, 0.6) is 0 Å². The van der Waals surface area contributed by atoms with Gasteiger partial charge in [0.25, 0.3) is 5.91 Å². The first-order chi connectivity index (χ1) is 13.5. The molecule has 28 heavy (non-hydrogen) atoms. The van der Waals surface area contributed by atoms with Gasteiger partial charge in [0, 0.05) is 30.8 Å². The Labute approximate surface area is 168 Å². The normalized spacial score (nSPS) is 20.7. The quantitative estimate of drug-likeness (QED) is 0.793. The first-order valence-corrected chi connectivity index (χ1v) is 10.6. The number of carbonyl (C=O) groups excluding carboxylic acids is 1. The molecule has 0 bridgehead atoms. The third-order valence-corrected chi connectivity index (χ3v) is 6.66. The van der Waals surface area contributed by atoms with Crippen LogP contribution in [-0.2, 0) is 0 Å². The van der Waals surface area contributed by atoms with Gasteiger partial charge in [-0.3, -0.25) is 4.79 Å². The molecule has 1 N–H and O–H groups in total. The monoisotopic (exact) mass is 380 g/mol. The number of likely N-dealkylation sites (tertiary alicyclic amines) is 1. The second-order valence-electron chi connectivity index (χ2n) is 9.06. The number of aromatic nitrogens is 2. The van der Waals surface area contributed by atoms with E-state index in [-0.39, 0.29) is 5.91 Å². The SMILES string of the molecule is Cc1ccccc1C(=O)Nc1ccnn1C1CCN([C@H](C)CC2(C)CC2)CC1. The number of rotatable bonds is 6. The van der Waals surface area contributed by atoms with E-state index in [4.69, 9.17) is 0 Å². The van der Waals surface area contributed by atoms with E-state index < -0.39 is 0 Å². The molecule has 1 aromatic heterocycles. The molecule has 2 fully saturated rings. The van der Waals surface area contributed by atoms with Crippen LogP contribution in [0, 0.1) is 12.3 Å². The number of hydrogen-bond acceptors (Lipinski definition) is 3. The first-order valence-electron chi connectivity index (χ1n) is 10.6. The number of carbonyl (C=O) groups is 1. The van der Waals surface area contributed by atoms with Crippen molar-refractivity contribution in [2.24, 2.45) is 5.41 Å². The highest BCUT2D eigenvalue weighted by Gasteiger charge is 2.39. The zero-order chi connectivity index (χ0) is 19.7. The molecule has 1 saturated heterocycles. The van der Waals surface area contributed by atoms with Crippen molar-refractivity contribution in [2.75, 3.05) is 18.4 Å². The molecule has 0 radical (unpaired) electrons. The molecule has 0 spiro atoms. The number of benzene rings is 1. The van der Waals surface area contributed by atoms with Crippen molar-refractivity contribution in [3.05, 3.63) is 47.7 Å². The lowest BCUT2D eigenvalue weighted by Gasteiger charge is -2.37. The zero-order valence-electron chi connectivity index (χ0n) is 17.3. The molecule has 1 aliphatic carbocycles. The van der Waals surface area contributed by atoms with Gasteiger partial charge < -0.3 is 10.2 Å². The van der Waals surface area contributed by atoms with Gasteiger partial charge in [-0.25, -0.2) is 4.68 Å². The number of amides is 1. The second-order valence-corrected chi connectivity index (χ2v) is 9.06. The van der Waals surface area contributed by atoms with E-state index in [0.29, 0.717) is 23.1 Å². The predicted molar refractivity (Wildman–Crippen MR) is 113 cm³/mol. The van der Waals surface area contributed by atoms with Gasteiger partial charge in [-0.2, -0.15) is 5.10 Å². The Morgan fingerprint density at radius 2 is 1.96 bits per heavy atom. The molecule has 150 valence electrons. The highest BCUT2D eigenvalue weighted by Crippen LogP contribution is 2.49. The van der Waals surface area contributed by atoms with E-state index >= 15 is 0 Å². The molecule has 0 unspecified atom stereocenters. The maximum Gasteiger partial charge on any atom is 0.257 e. The lowest BCUT2D eigenvalue weighted by Crippen LogP contribution is -2.41. The van der Waals surface area contributed by atoms with Gasteiger partial charge in [-0.15, -0.1) is 0 Å². The number of piperidine rings is 1. The summed E-state index contributed by atoms with van der Waals surface area (Å²) in [6.45, 7) is 8.97. The fourth-order valence-corrected chi connectivity index (χ4v) is 4.55. The summed E-state index contributed by atoms with van der Waals surface area (Å²) in [4.78, 5) is 15.3. The highest BCUT2D eigenvalue weighted by atomic mass is 16.1. The minimum absolute atomic E-state index is 0.0661. The van der Waals surface area contributed by atoms with Crippen molar-refractivity contribution < 1.29 is 4.79 Å². The van der Waals surface area contributed by atoms with Crippen molar-refractivity contribution in [2.45, 2.75) is 65.0 Å². The van der Waals surface area contributed by atoms with Crippen LogP contribution in [0.15, 0.2) is 36.5 Å². The maximum absolute atomic E-state index is 12.7. The summed E-state index contributed by atoms with van der Waals surface area (Å²) >= 11 is 0. The Kier molecular flexibility index (Phi) is 5.28. The van der Waals surface area contributed by atoms with Gasteiger partial charge >= 0.3 is 0 Å². The van der Waals surface area contributed by atoms with Crippen LogP contribution in [0.2, 0.25) is 0 Å². The van der Waals surface area contributed by atoms with Crippen LogP contribution < -0.4 is 5.32 Å². The summed E-state index contributed by atoms with van der Waals surface area (Å²) in [7, 11) is 0. The summed E-state index contributed by atoms with van der Waals surface area (Å²) < 4.78 is 2.01. The Balaban J connectivity index is 1.37. The predicted octanol–water partition coefficient (Wildman–Crippen LogP) is 4.66. The van der Waals surface area contributed by atoms with Crippen molar-refractivity contribution in [1.82, 2.24) is 14.7 Å². The average Bonchev–Trinajstić information content (AvgIpc) is 3.23. The number of nitrogens with zero attached hydrogens (tertiary/aromatic N) is 3. The number of hydrogen-bond donors (Lipinski definition) is 1. The van der Waals surface area contributed by atoms with E-state index in [0.717, 1.165) is 37.3 Å². The van der Waals surface area contributed by atoms with Crippen LogP contribution in [0.3, 0.4) is 0 Å². The van der Waals surface area contributed by atoms with Crippen LogP contribution in [0.4, 0.5) is 5.82 Å². The van der Waals surface area contributed by atoms with E-state index in [2.05, 4.69) is 29.2 Å². The topological polar surface area (TPSA) is 50.2 Å². The minimum Gasteiger partial charge on any atom is -0.307 e. The van der Waals surface area contributed by atoms with Crippen LogP contribution in [0.1, 0.15) is 67.9 Å². The van der Waals surface area contributed by atoms with Crippen LogP contribution in [0.25, 0.3) is 0 Å². The van der Waals surface area contributed by atoms with Crippen LogP contribution in [-0.4, -0.2) is 39.7 Å². The zero-order valence-corrected chi connectivity index (χ0v) is 17.3. The largest absolute Gasteiger partial charge is 0.307 e.